The minimum atomic E-state index is 0.452. The lowest BCUT2D eigenvalue weighted by molar-refractivity contribution is 1.18. The second-order valence-corrected chi connectivity index (χ2v) is 5.76. The average molecular weight is 313 g/mol. The number of rotatable bonds is 3. The van der Waals surface area contributed by atoms with Gasteiger partial charge in [0.2, 0.25) is 0 Å². The summed E-state index contributed by atoms with van der Waals surface area (Å²) in [6, 6.07) is 19.9. The van der Waals surface area contributed by atoms with Gasteiger partial charge in [-0.2, -0.15) is 0 Å². The van der Waals surface area contributed by atoms with Crippen molar-refractivity contribution < 1.29 is 0 Å². The first kappa shape index (κ1) is 14.1. The Kier molecular flexibility index (Phi) is 4.23. The Hall–Kier alpha value is -1.84. The summed E-state index contributed by atoms with van der Waals surface area (Å²) in [6.07, 6.45) is 2.05. The van der Waals surface area contributed by atoms with Crippen LogP contribution in [0.5, 0.6) is 0 Å². The Balaban J connectivity index is 2.05. The van der Waals surface area contributed by atoms with Crippen LogP contribution >= 0.6 is 23.4 Å². The van der Waals surface area contributed by atoms with E-state index in [2.05, 4.69) is 28.4 Å². The third-order valence-electron chi connectivity index (χ3n) is 3.11. The van der Waals surface area contributed by atoms with Crippen LogP contribution < -0.4 is 0 Å². The molecule has 0 bridgehead atoms. The predicted octanol–water partition coefficient (Wildman–Crippen LogP) is 5.19. The molecule has 0 aliphatic rings. The molecule has 104 valence electrons. The fraction of sp³-hybridized carbons (Fsp3) is 0.0588. The van der Waals surface area contributed by atoms with E-state index >= 15 is 0 Å². The maximum absolute atomic E-state index is 6.15. The van der Waals surface area contributed by atoms with Crippen molar-refractivity contribution in [2.24, 2.45) is 0 Å². The molecule has 0 saturated carbocycles. The molecule has 0 saturated heterocycles. The van der Waals surface area contributed by atoms with E-state index in [9.17, 15) is 0 Å². The van der Waals surface area contributed by atoms with Crippen molar-refractivity contribution in [2.75, 3.05) is 6.26 Å². The summed E-state index contributed by atoms with van der Waals surface area (Å²) in [5.74, 6) is 0.647. The monoisotopic (exact) mass is 312 g/mol. The second kappa shape index (κ2) is 6.29. The smallest absolute Gasteiger partial charge is 0.161 e. The van der Waals surface area contributed by atoms with E-state index in [1.165, 1.54) is 4.90 Å². The van der Waals surface area contributed by atoms with Gasteiger partial charge in [-0.25, -0.2) is 9.97 Å². The summed E-state index contributed by atoms with van der Waals surface area (Å²) in [5.41, 5.74) is 2.83. The van der Waals surface area contributed by atoms with Crippen LogP contribution in [0.4, 0.5) is 0 Å². The first-order valence-corrected chi connectivity index (χ1v) is 8.11. The zero-order valence-electron chi connectivity index (χ0n) is 11.5. The largest absolute Gasteiger partial charge is 0.228 e. The average Bonchev–Trinajstić information content (AvgIpc) is 2.55. The van der Waals surface area contributed by atoms with Crippen LogP contribution in [0.15, 0.2) is 65.6 Å². The topological polar surface area (TPSA) is 25.8 Å². The molecule has 0 aliphatic heterocycles. The van der Waals surface area contributed by atoms with Gasteiger partial charge in [0.1, 0.15) is 5.15 Å². The van der Waals surface area contributed by atoms with Crippen LogP contribution in [0.2, 0.25) is 5.15 Å². The summed E-state index contributed by atoms with van der Waals surface area (Å²) in [7, 11) is 0. The van der Waals surface area contributed by atoms with E-state index < -0.39 is 0 Å². The minimum Gasteiger partial charge on any atom is -0.228 e. The quantitative estimate of drug-likeness (QED) is 0.492. The molecular weight excluding hydrogens is 300 g/mol. The van der Waals surface area contributed by atoms with Gasteiger partial charge in [-0.05, 0) is 18.4 Å². The van der Waals surface area contributed by atoms with Crippen molar-refractivity contribution in [2.45, 2.75) is 4.90 Å². The molecule has 21 heavy (non-hydrogen) atoms. The second-order valence-electron chi connectivity index (χ2n) is 4.49. The molecule has 1 aromatic heterocycles. The van der Waals surface area contributed by atoms with Gasteiger partial charge in [-0.1, -0.05) is 54.1 Å². The van der Waals surface area contributed by atoms with E-state index in [1.54, 1.807) is 17.8 Å². The van der Waals surface area contributed by atoms with Crippen LogP contribution in [0.1, 0.15) is 0 Å². The minimum absolute atomic E-state index is 0.452. The molecule has 2 nitrogen and oxygen atoms in total. The SMILES string of the molecule is CSc1ccc(-c2nc(Cl)cc(-c3ccccc3)n2)cc1. The number of hydrogen-bond acceptors (Lipinski definition) is 3. The van der Waals surface area contributed by atoms with E-state index in [1.807, 2.05) is 42.5 Å². The van der Waals surface area contributed by atoms with E-state index in [-0.39, 0.29) is 0 Å². The van der Waals surface area contributed by atoms with E-state index in [0.717, 1.165) is 16.8 Å². The summed E-state index contributed by atoms with van der Waals surface area (Å²) < 4.78 is 0. The van der Waals surface area contributed by atoms with Crippen molar-refractivity contribution in [1.29, 1.82) is 0 Å². The highest BCUT2D eigenvalue weighted by atomic mass is 35.5. The molecule has 1 heterocycles. The summed E-state index contributed by atoms with van der Waals surface area (Å²) in [4.78, 5) is 10.2. The van der Waals surface area contributed by atoms with Crippen molar-refractivity contribution in [1.82, 2.24) is 9.97 Å². The molecule has 3 aromatic rings. The van der Waals surface area contributed by atoms with Gasteiger partial charge < -0.3 is 0 Å². The number of nitrogens with zero attached hydrogens (tertiary/aromatic N) is 2. The van der Waals surface area contributed by atoms with E-state index in [4.69, 9.17) is 11.6 Å². The predicted molar refractivity (Wildman–Crippen MR) is 89.7 cm³/mol. The molecule has 0 amide bonds. The van der Waals surface area contributed by atoms with Crippen LogP contribution in [-0.2, 0) is 0 Å². The Morgan fingerprint density at radius 3 is 2.24 bits per heavy atom. The summed E-state index contributed by atoms with van der Waals surface area (Å²) in [5, 5.41) is 0.452. The molecule has 0 unspecified atom stereocenters. The molecule has 3 rings (SSSR count). The lowest BCUT2D eigenvalue weighted by atomic mass is 10.1. The van der Waals surface area contributed by atoms with Gasteiger partial charge in [-0.3, -0.25) is 0 Å². The fourth-order valence-corrected chi connectivity index (χ4v) is 2.64. The van der Waals surface area contributed by atoms with Crippen molar-refractivity contribution in [3.8, 4) is 22.6 Å². The maximum Gasteiger partial charge on any atom is 0.161 e. The Bertz CT molecular complexity index is 742. The third kappa shape index (κ3) is 3.26. The third-order valence-corrected chi connectivity index (χ3v) is 4.05. The number of thioether (sulfide) groups is 1. The number of hydrogen-bond donors (Lipinski definition) is 0. The van der Waals surface area contributed by atoms with Crippen LogP contribution in [0, 0.1) is 0 Å². The van der Waals surface area contributed by atoms with Gasteiger partial charge in [-0.15, -0.1) is 11.8 Å². The van der Waals surface area contributed by atoms with Crippen LogP contribution in [0.3, 0.4) is 0 Å². The Morgan fingerprint density at radius 1 is 0.857 bits per heavy atom. The Morgan fingerprint density at radius 2 is 1.57 bits per heavy atom. The van der Waals surface area contributed by atoms with Gasteiger partial charge in [0.25, 0.3) is 0 Å². The lowest BCUT2D eigenvalue weighted by Crippen LogP contribution is -1.93. The zero-order chi connectivity index (χ0) is 14.7. The zero-order valence-corrected chi connectivity index (χ0v) is 13.0. The standard InChI is InChI=1S/C17H13ClN2S/c1-21-14-9-7-13(8-10-14)17-19-15(11-16(18)20-17)12-5-3-2-4-6-12/h2-11H,1H3. The van der Waals surface area contributed by atoms with Crippen molar-refractivity contribution >= 4 is 23.4 Å². The van der Waals surface area contributed by atoms with Gasteiger partial charge in [0, 0.05) is 22.1 Å². The normalized spacial score (nSPS) is 10.6. The first-order chi connectivity index (χ1) is 10.3. The number of aromatic nitrogens is 2. The van der Waals surface area contributed by atoms with Crippen molar-refractivity contribution in [3.05, 3.63) is 65.8 Å². The van der Waals surface area contributed by atoms with Gasteiger partial charge in [0.15, 0.2) is 5.82 Å². The number of halogens is 1. The van der Waals surface area contributed by atoms with Crippen LogP contribution in [0.25, 0.3) is 22.6 Å². The molecule has 0 radical (unpaired) electrons. The number of benzene rings is 2. The lowest BCUT2D eigenvalue weighted by Gasteiger charge is -2.06. The van der Waals surface area contributed by atoms with Gasteiger partial charge in [0.05, 0.1) is 5.69 Å². The van der Waals surface area contributed by atoms with Crippen molar-refractivity contribution in [3.63, 3.8) is 0 Å². The highest BCUT2D eigenvalue weighted by Gasteiger charge is 2.07. The summed E-state index contributed by atoms with van der Waals surface area (Å²) >= 11 is 7.86. The molecular formula is C17H13ClN2S. The van der Waals surface area contributed by atoms with E-state index in [0.29, 0.717) is 11.0 Å². The van der Waals surface area contributed by atoms with Crippen LogP contribution in [-0.4, -0.2) is 16.2 Å². The first-order valence-electron chi connectivity index (χ1n) is 6.51. The molecule has 0 atom stereocenters. The molecule has 0 N–H and O–H groups in total. The molecule has 4 heteroatoms. The molecule has 2 aromatic carbocycles. The molecule has 0 fully saturated rings. The van der Waals surface area contributed by atoms with Gasteiger partial charge >= 0.3 is 0 Å². The fourth-order valence-electron chi connectivity index (χ4n) is 2.04. The molecule has 0 aliphatic carbocycles. The maximum atomic E-state index is 6.15. The Labute approximate surface area is 133 Å². The summed E-state index contributed by atoms with van der Waals surface area (Å²) in [6.45, 7) is 0. The molecule has 0 spiro atoms. The highest BCUT2D eigenvalue weighted by molar-refractivity contribution is 7.98. The highest BCUT2D eigenvalue weighted by Crippen LogP contribution is 2.25.